The van der Waals surface area contributed by atoms with Gasteiger partial charge in [-0.25, -0.2) is 4.79 Å². The van der Waals surface area contributed by atoms with Crippen LogP contribution in [-0.2, 0) is 4.79 Å². The maximum Gasteiger partial charge on any atom is 0.360 e. The van der Waals surface area contributed by atoms with Crippen molar-refractivity contribution in [1.29, 1.82) is 0 Å². The minimum atomic E-state index is -1.30. The summed E-state index contributed by atoms with van der Waals surface area (Å²) in [5.74, 6) is -2.51. The van der Waals surface area contributed by atoms with Gasteiger partial charge < -0.3 is 15.1 Å². The fraction of sp³-hybridized carbons (Fsp3) is 0.0588. The number of carboxylic acids is 2. The largest absolute Gasteiger partial charge is 0.480 e. The van der Waals surface area contributed by atoms with E-state index in [2.05, 4.69) is 15.4 Å². The van der Waals surface area contributed by atoms with Gasteiger partial charge >= 0.3 is 11.9 Å². The Morgan fingerprint density at radius 2 is 1.54 bits per heavy atom. The maximum absolute atomic E-state index is 11.3. The van der Waals surface area contributed by atoms with E-state index in [4.69, 9.17) is 11.6 Å². The zero-order valence-corrected chi connectivity index (χ0v) is 14.0. The van der Waals surface area contributed by atoms with Crippen LogP contribution >= 0.6 is 11.6 Å². The van der Waals surface area contributed by atoms with E-state index in [9.17, 15) is 19.8 Å². The summed E-state index contributed by atoms with van der Waals surface area (Å²) in [6.45, 7) is -0.465. The Labute approximate surface area is 152 Å². The molecule has 3 aromatic rings. The van der Waals surface area contributed by atoms with Crippen molar-refractivity contribution in [2.24, 2.45) is 0 Å². The monoisotopic (exact) mass is 372 g/mol. The second-order valence-corrected chi connectivity index (χ2v) is 5.77. The molecule has 1 aromatic heterocycles. The number of nitrogens with zero attached hydrogens (tertiary/aromatic N) is 3. The number of aliphatic carboxylic acids is 1. The molecule has 0 amide bonds. The number of hydrogen-bond donors (Lipinski definition) is 3. The van der Waals surface area contributed by atoms with Crippen molar-refractivity contribution in [3.05, 3.63) is 59.2 Å². The molecule has 0 fully saturated rings. The van der Waals surface area contributed by atoms with E-state index in [0.717, 1.165) is 11.1 Å². The van der Waals surface area contributed by atoms with E-state index < -0.39 is 18.5 Å². The molecule has 0 aliphatic carbocycles. The Morgan fingerprint density at radius 1 is 0.962 bits per heavy atom. The van der Waals surface area contributed by atoms with Gasteiger partial charge in [-0.2, -0.15) is 5.21 Å². The molecule has 3 rings (SSSR count). The molecule has 0 spiro atoms. The first-order valence-electron chi connectivity index (χ1n) is 7.45. The second-order valence-electron chi connectivity index (χ2n) is 5.33. The number of aromatic nitrogens is 3. The van der Waals surface area contributed by atoms with Crippen molar-refractivity contribution in [1.82, 2.24) is 15.4 Å². The van der Waals surface area contributed by atoms with E-state index >= 15 is 0 Å². The molecule has 8 nitrogen and oxygen atoms in total. The zero-order chi connectivity index (χ0) is 18.7. The first-order valence-corrected chi connectivity index (χ1v) is 7.83. The third kappa shape index (κ3) is 3.65. The molecule has 26 heavy (non-hydrogen) atoms. The highest BCUT2D eigenvalue weighted by Gasteiger charge is 2.24. The van der Waals surface area contributed by atoms with Crippen molar-refractivity contribution < 1.29 is 19.8 Å². The molecular weight excluding hydrogens is 360 g/mol. The van der Waals surface area contributed by atoms with Gasteiger partial charge in [0, 0.05) is 10.7 Å². The number of rotatable bonds is 6. The molecule has 132 valence electrons. The summed E-state index contributed by atoms with van der Waals surface area (Å²) in [5.41, 5.74) is 1.97. The van der Waals surface area contributed by atoms with Crippen LogP contribution < -0.4 is 4.90 Å². The highest BCUT2D eigenvalue weighted by atomic mass is 35.5. The van der Waals surface area contributed by atoms with Crippen molar-refractivity contribution >= 4 is 35.0 Å². The van der Waals surface area contributed by atoms with Crippen molar-refractivity contribution in [3.63, 3.8) is 0 Å². The van der Waals surface area contributed by atoms with E-state index in [1.165, 1.54) is 4.90 Å². The first kappa shape index (κ1) is 17.4. The number of carbonyl (C=O) groups is 2. The fourth-order valence-corrected chi connectivity index (χ4v) is 2.58. The summed E-state index contributed by atoms with van der Waals surface area (Å²) >= 11 is 5.89. The fourth-order valence-electron chi connectivity index (χ4n) is 2.46. The quantitative estimate of drug-likeness (QED) is 0.608. The number of aromatic amines is 1. The highest BCUT2D eigenvalue weighted by Crippen LogP contribution is 2.29. The third-order valence-corrected chi connectivity index (χ3v) is 3.89. The van der Waals surface area contributed by atoms with E-state index in [1.54, 1.807) is 36.4 Å². The Kier molecular flexibility index (Phi) is 4.85. The molecule has 0 atom stereocenters. The number of aromatic carboxylic acids is 1. The molecular formula is C17H13ClN4O4. The lowest BCUT2D eigenvalue weighted by molar-refractivity contribution is -0.135. The molecule has 0 bridgehead atoms. The average Bonchev–Trinajstić information content (AvgIpc) is 3.10. The molecule has 0 aliphatic rings. The van der Waals surface area contributed by atoms with Gasteiger partial charge in [0.15, 0.2) is 5.82 Å². The summed E-state index contributed by atoms with van der Waals surface area (Å²) in [5, 5.41) is 28.6. The minimum absolute atomic E-state index is 0.0702. The predicted molar refractivity (Wildman–Crippen MR) is 94.9 cm³/mol. The van der Waals surface area contributed by atoms with Crippen LogP contribution in [0.5, 0.6) is 0 Å². The Morgan fingerprint density at radius 3 is 2.08 bits per heavy atom. The Balaban J connectivity index is 1.97. The summed E-state index contributed by atoms with van der Waals surface area (Å²) in [6.07, 6.45) is 0. The van der Waals surface area contributed by atoms with Gasteiger partial charge in [-0.15, -0.1) is 10.2 Å². The number of nitrogens with one attached hydrogen (secondary N) is 1. The summed E-state index contributed by atoms with van der Waals surface area (Å²) in [7, 11) is 0. The van der Waals surface area contributed by atoms with Crippen molar-refractivity contribution in [2.45, 2.75) is 0 Å². The number of H-pyrrole nitrogens is 1. The number of benzene rings is 2. The van der Waals surface area contributed by atoms with Crippen molar-refractivity contribution in [3.8, 4) is 11.1 Å². The molecule has 0 saturated carbocycles. The predicted octanol–water partition coefficient (Wildman–Crippen LogP) is 3.05. The molecule has 0 saturated heterocycles. The lowest BCUT2D eigenvalue weighted by atomic mass is 10.1. The van der Waals surface area contributed by atoms with Crippen LogP contribution in [0.15, 0.2) is 48.5 Å². The normalized spacial score (nSPS) is 10.5. The van der Waals surface area contributed by atoms with E-state index in [-0.39, 0.29) is 11.5 Å². The van der Waals surface area contributed by atoms with Gasteiger partial charge in [0.2, 0.25) is 5.69 Å². The van der Waals surface area contributed by atoms with Gasteiger partial charge in [-0.3, -0.25) is 4.79 Å². The smallest absolute Gasteiger partial charge is 0.360 e. The van der Waals surface area contributed by atoms with Gasteiger partial charge in [-0.05, 0) is 35.4 Å². The molecule has 3 N–H and O–H groups in total. The van der Waals surface area contributed by atoms with Crippen LogP contribution in [0.1, 0.15) is 10.5 Å². The van der Waals surface area contributed by atoms with Crippen LogP contribution in [0.3, 0.4) is 0 Å². The van der Waals surface area contributed by atoms with Crippen LogP contribution in [0.4, 0.5) is 11.5 Å². The maximum atomic E-state index is 11.3. The molecule has 2 aromatic carbocycles. The van der Waals surface area contributed by atoms with Crippen molar-refractivity contribution in [2.75, 3.05) is 11.4 Å². The second kappa shape index (κ2) is 7.24. The van der Waals surface area contributed by atoms with Crippen LogP contribution in [0, 0.1) is 0 Å². The van der Waals surface area contributed by atoms with Gasteiger partial charge in [0.1, 0.15) is 6.54 Å². The molecule has 9 heteroatoms. The van der Waals surface area contributed by atoms with E-state index in [0.29, 0.717) is 10.7 Å². The Hall–Kier alpha value is -3.39. The number of hydrogen-bond acceptors (Lipinski definition) is 5. The lowest BCUT2D eigenvalue weighted by Gasteiger charge is -2.20. The van der Waals surface area contributed by atoms with E-state index in [1.807, 2.05) is 12.1 Å². The number of halogens is 1. The van der Waals surface area contributed by atoms with Crippen LogP contribution in [0.2, 0.25) is 5.02 Å². The molecule has 1 heterocycles. The summed E-state index contributed by atoms with van der Waals surface area (Å²) in [4.78, 5) is 23.7. The SMILES string of the molecule is O=C(O)CN(c1ccc(-c2ccc(Cl)cc2)cc1)c1n[nH]nc1C(=O)O. The zero-order valence-electron chi connectivity index (χ0n) is 13.3. The summed E-state index contributed by atoms with van der Waals surface area (Å²) in [6, 6.07) is 14.3. The molecule has 0 unspecified atom stereocenters. The van der Waals surface area contributed by atoms with Gasteiger partial charge in [-0.1, -0.05) is 35.9 Å². The standard InChI is InChI=1S/C17H13ClN4O4/c18-12-5-1-10(2-6-12)11-3-7-13(8-4-11)22(9-14(23)24)16-15(17(25)26)19-21-20-16/h1-8H,9H2,(H,23,24)(H,25,26)(H,19,20,21). The Bertz CT molecular complexity index is 938. The topological polar surface area (TPSA) is 119 Å². The molecule has 0 radical (unpaired) electrons. The van der Waals surface area contributed by atoms with Gasteiger partial charge in [0.05, 0.1) is 0 Å². The number of carboxylic acid groups (broad SMARTS) is 2. The van der Waals surface area contributed by atoms with Crippen LogP contribution in [-0.4, -0.2) is 44.1 Å². The summed E-state index contributed by atoms with van der Waals surface area (Å²) < 4.78 is 0. The van der Waals surface area contributed by atoms with Gasteiger partial charge in [0.25, 0.3) is 0 Å². The third-order valence-electron chi connectivity index (χ3n) is 3.64. The number of anilines is 2. The lowest BCUT2D eigenvalue weighted by Crippen LogP contribution is -2.26. The average molecular weight is 373 g/mol. The molecule has 0 aliphatic heterocycles. The first-order chi connectivity index (χ1) is 12.5. The highest BCUT2D eigenvalue weighted by molar-refractivity contribution is 6.30. The minimum Gasteiger partial charge on any atom is -0.480 e. The van der Waals surface area contributed by atoms with Crippen LogP contribution in [0.25, 0.3) is 11.1 Å².